The standard InChI is InChI=1S/C17H27NOS/c1-3-18-17(13-14-9-11-20-12-10-14)15-5-7-16(8-6-15)19-4-2/h5-8,14,17-18H,3-4,9-13H2,1-2H3. The van der Waals surface area contributed by atoms with Gasteiger partial charge in [-0.25, -0.2) is 0 Å². The Labute approximate surface area is 127 Å². The third kappa shape index (κ3) is 4.71. The molecule has 1 saturated heterocycles. The van der Waals surface area contributed by atoms with E-state index < -0.39 is 0 Å². The first-order valence-electron chi connectivity index (χ1n) is 7.87. The van der Waals surface area contributed by atoms with E-state index in [1.807, 2.05) is 6.92 Å². The minimum atomic E-state index is 0.490. The monoisotopic (exact) mass is 293 g/mol. The Bertz CT molecular complexity index is 373. The van der Waals surface area contributed by atoms with Crippen molar-refractivity contribution in [3.63, 3.8) is 0 Å². The molecule has 3 heteroatoms. The van der Waals surface area contributed by atoms with Crippen LogP contribution in [0.5, 0.6) is 5.75 Å². The highest BCUT2D eigenvalue weighted by atomic mass is 32.2. The van der Waals surface area contributed by atoms with Crippen LogP contribution in [0.2, 0.25) is 0 Å². The van der Waals surface area contributed by atoms with Gasteiger partial charge < -0.3 is 10.1 Å². The zero-order chi connectivity index (χ0) is 14.2. The minimum Gasteiger partial charge on any atom is -0.494 e. The number of rotatable bonds is 7. The summed E-state index contributed by atoms with van der Waals surface area (Å²) in [4.78, 5) is 0. The molecule has 1 aromatic rings. The molecule has 1 fully saturated rings. The highest BCUT2D eigenvalue weighted by Crippen LogP contribution is 2.31. The molecule has 1 unspecified atom stereocenters. The van der Waals surface area contributed by atoms with E-state index in [-0.39, 0.29) is 0 Å². The lowest BCUT2D eigenvalue weighted by atomic mass is 9.90. The van der Waals surface area contributed by atoms with Crippen LogP contribution >= 0.6 is 11.8 Å². The molecule has 2 rings (SSSR count). The molecule has 0 radical (unpaired) electrons. The number of nitrogens with one attached hydrogen (secondary N) is 1. The molecule has 1 aliphatic heterocycles. The Morgan fingerprint density at radius 1 is 1.20 bits per heavy atom. The number of hydrogen-bond acceptors (Lipinski definition) is 3. The van der Waals surface area contributed by atoms with Crippen LogP contribution in [0.15, 0.2) is 24.3 Å². The highest BCUT2D eigenvalue weighted by molar-refractivity contribution is 7.99. The average Bonchev–Trinajstić information content (AvgIpc) is 2.49. The van der Waals surface area contributed by atoms with Gasteiger partial charge in [0.25, 0.3) is 0 Å². The minimum absolute atomic E-state index is 0.490. The summed E-state index contributed by atoms with van der Waals surface area (Å²) in [7, 11) is 0. The Kier molecular flexibility index (Phi) is 6.74. The lowest BCUT2D eigenvalue weighted by Crippen LogP contribution is -2.25. The Morgan fingerprint density at radius 2 is 1.90 bits per heavy atom. The second-order valence-electron chi connectivity index (χ2n) is 5.40. The van der Waals surface area contributed by atoms with Crippen molar-refractivity contribution in [3.8, 4) is 5.75 Å². The molecule has 0 bridgehead atoms. The summed E-state index contributed by atoms with van der Waals surface area (Å²) in [5.74, 6) is 4.53. The van der Waals surface area contributed by atoms with E-state index in [1.54, 1.807) is 0 Å². The first-order chi connectivity index (χ1) is 9.83. The fourth-order valence-electron chi connectivity index (χ4n) is 2.86. The van der Waals surface area contributed by atoms with Crippen molar-refractivity contribution in [3.05, 3.63) is 29.8 Å². The largest absolute Gasteiger partial charge is 0.494 e. The van der Waals surface area contributed by atoms with E-state index in [1.165, 1.54) is 36.3 Å². The molecule has 1 atom stereocenters. The van der Waals surface area contributed by atoms with E-state index in [2.05, 4.69) is 48.3 Å². The topological polar surface area (TPSA) is 21.3 Å². The van der Waals surface area contributed by atoms with Gasteiger partial charge in [-0.1, -0.05) is 19.1 Å². The van der Waals surface area contributed by atoms with Crippen LogP contribution in [0.1, 0.15) is 44.7 Å². The van der Waals surface area contributed by atoms with Crippen molar-refractivity contribution in [1.29, 1.82) is 0 Å². The van der Waals surface area contributed by atoms with Crippen LogP contribution < -0.4 is 10.1 Å². The number of ether oxygens (including phenoxy) is 1. The van der Waals surface area contributed by atoms with Gasteiger partial charge in [-0.15, -0.1) is 0 Å². The van der Waals surface area contributed by atoms with Crippen molar-refractivity contribution in [2.24, 2.45) is 5.92 Å². The summed E-state index contributed by atoms with van der Waals surface area (Å²) in [6.45, 7) is 5.98. The third-order valence-electron chi connectivity index (χ3n) is 3.95. The molecule has 0 aromatic heterocycles. The zero-order valence-corrected chi connectivity index (χ0v) is 13.5. The van der Waals surface area contributed by atoms with Gasteiger partial charge in [-0.2, -0.15) is 11.8 Å². The van der Waals surface area contributed by atoms with E-state index in [9.17, 15) is 0 Å². The molecule has 112 valence electrons. The molecule has 1 aliphatic rings. The van der Waals surface area contributed by atoms with Gasteiger partial charge in [0.15, 0.2) is 0 Å². The fourth-order valence-corrected chi connectivity index (χ4v) is 4.07. The predicted molar refractivity (Wildman–Crippen MR) is 88.7 cm³/mol. The van der Waals surface area contributed by atoms with Crippen LogP contribution in [0.3, 0.4) is 0 Å². The zero-order valence-electron chi connectivity index (χ0n) is 12.7. The fraction of sp³-hybridized carbons (Fsp3) is 0.647. The van der Waals surface area contributed by atoms with E-state index in [0.717, 1.165) is 24.8 Å². The second-order valence-corrected chi connectivity index (χ2v) is 6.63. The molecule has 0 amide bonds. The second kappa shape index (κ2) is 8.58. The number of benzene rings is 1. The molecule has 0 aliphatic carbocycles. The van der Waals surface area contributed by atoms with Crippen LogP contribution in [0, 0.1) is 5.92 Å². The first kappa shape index (κ1) is 15.7. The summed E-state index contributed by atoms with van der Waals surface area (Å²) in [5, 5.41) is 3.65. The molecule has 2 nitrogen and oxygen atoms in total. The molecule has 1 aromatic carbocycles. The van der Waals surface area contributed by atoms with Crippen LogP contribution in [-0.4, -0.2) is 24.7 Å². The maximum absolute atomic E-state index is 5.53. The summed E-state index contributed by atoms with van der Waals surface area (Å²) in [6, 6.07) is 9.12. The normalized spacial score (nSPS) is 17.9. The van der Waals surface area contributed by atoms with Gasteiger partial charge in [0.1, 0.15) is 5.75 Å². The van der Waals surface area contributed by atoms with Gasteiger partial charge in [0, 0.05) is 6.04 Å². The lowest BCUT2D eigenvalue weighted by Gasteiger charge is -2.27. The van der Waals surface area contributed by atoms with Crippen molar-refractivity contribution in [2.45, 2.75) is 39.2 Å². The third-order valence-corrected chi connectivity index (χ3v) is 5.00. The van der Waals surface area contributed by atoms with Gasteiger partial charge in [-0.05, 0) is 67.9 Å². The maximum Gasteiger partial charge on any atom is 0.119 e. The highest BCUT2D eigenvalue weighted by Gasteiger charge is 2.19. The van der Waals surface area contributed by atoms with Crippen molar-refractivity contribution < 1.29 is 4.74 Å². The van der Waals surface area contributed by atoms with E-state index >= 15 is 0 Å². The molecule has 0 saturated carbocycles. The summed E-state index contributed by atoms with van der Waals surface area (Å²) >= 11 is 2.11. The quantitative estimate of drug-likeness (QED) is 0.811. The molecule has 1 N–H and O–H groups in total. The van der Waals surface area contributed by atoms with Gasteiger partial charge in [0.2, 0.25) is 0 Å². The van der Waals surface area contributed by atoms with Crippen LogP contribution in [-0.2, 0) is 0 Å². The molecular weight excluding hydrogens is 266 g/mol. The Balaban J connectivity index is 1.98. The lowest BCUT2D eigenvalue weighted by molar-refractivity contribution is 0.339. The van der Waals surface area contributed by atoms with E-state index in [4.69, 9.17) is 4.74 Å². The smallest absolute Gasteiger partial charge is 0.119 e. The van der Waals surface area contributed by atoms with Gasteiger partial charge >= 0.3 is 0 Å². The Morgan fingerprint density at radius 3 is 2.50 bits per heavy atom. The predicted octanol–water partition coefficient (Wildman–Crippen LogP) is 4.27. The molecule has 1 heterocycles. The molecular formula is C17H27NOS. The maximum atomic E-state index is 5.53. The summed E-state index contributed by atoms with van der Waals surface area (Å²) in [6.07, 6.45) is 4.02. The molecule has 0 spiro atoms. The van der Waals surface area contributed by atoms with Gasteiger partial charge in [-0.3, -0.25) is 0 Å². The number of thioether (sulfide) groups is 1. The molecule has 20 heavy (non-hydrogen) atoms. The van der Waals surface area contributed by atoms with Crippen molar-refractivity contribution in [1.82, 2.24) is 5.32 Å². The van der Waals surface area contributed by atoms with Crippen LogP contribution in [0.4, 0.5) is 0 Å². The van der Waals surface area contributed by atoms with Crippen molar-refractivity contribution in [2.75, 3.05) is 24.7 Å². The average molecular weight is 293 g/mol. The van der Waals surface area contributed by atoms with Gasteiger partial charge in [0.05, 0.1) is 6.61 Å². The SMILES string of the molecule is CCNC(CC1CCSCC1)c1ccc(OCC)cc1. The van der Waals surface area contributed by atoms with Crippen LogP contribution in [0.25, 0.3) is 0 Å². The van der Waals surface area contributed by atoms with E-state index in [0.29, 0.717) is 6.04 Å². The van der Waals surface area contributed by atoms with Crippen molar-refractivity contribution >= 4 is 11.8 Å². The summed E-state index contributed by atoms with van der Waals surface area (Å²) in [5.41, 5.74) is 1.40. The Hall–Kier alpha value is -0.670. The summed E-state index contributed by atoms with van der Waals surface area (Å²) < 4.78 is 5.53. The number of hydrogen-bond donors (Lipinski definition) is 1. The first-order valence-corrected chi connectivity index (χ1v) is 9.02.